The third-order valence-electron chi connectivity index (χ3n) is 6.13. The minimum atomic E-state index is -4.37. The number of halogens is 3. The summed E-state index contributed by atoms with van der Waals surface area (Å²) >= 11 is 0. The Bertz CT molecular complexity index is 1250. The predicted octanol–water partition coefficient (Wildman–Crippen LogP) is 5.39. The van der Waals surface area contributed by atoms with Crippen molar-refractivity contribution in [1.29, 1.82) is 0 Å². The number of aromatic amines is 1. The molecule has 1 aliphatic rings. The highest BCUT2D eigenvalue weighted by Gasteiger charge is 2.36. The highest BCUT2D eigenvalue weighted by Crippen LogP contribution is 2.38. The molecule has 0 saturated carbocycles. The molecule has 4 aromatic rings. The monoisotopic (exact) mass is 438 g/mol. The molecule has 2 aromatic heterocycles. The molecule has 8 heteroatoms. The van der Waals surface area contributed by atoms with Gasteiger partial charge >= 0.3 is 6.18 Å². The van der Waals surface area contributed by atoms with Crippen LogP contribution in [0.4, 0.5) is 13.2 Å². The van der Waals surface area contributed by atoms with Gasteiger partial charge in [0, 0.05) is 42.1 Å². The van der Waals surface area contributed by atoms with Crippen molar-refractivity contribution in [2.45, 2.75) is 24.9 Å². The lowest BCUT2D eigenvalue weighted by molar-refractivity contribution is -0.138. The fourth-order valence-corrected chi connectivity index (χ4v) is 4.48. The summed E-state index contributed by atoms with van der Waals surface area (Å²) in [5.41, 5.74) is 2.00. The second-order valence-electron chi connectivity index (χ2n) is 8.08. The summed E-state index contributed by atoms with van der Waals surface area (Å²) in [6.45, 7) is 0.844. The second-order valence-corrected chi connectivity index (χ2v) is 8.08. The number of piperidine rings is 1. The maximum absolute atomic E-state index is 13.4. The molecule has 5 nitrogen and oxygen atoms in total. The van der Waals surface area contributed by atoms with Crippen LogP contribution in [0.3, 0.4) is 0 Å². The fourth-order valence-electron chi connectivity index (χ4n) is 4.48. The van der Waals surface area contributed by atoms with Gasteiger partial charge in [0.25, 0.3) is 5.91 Å². The number of nitrogens with zero attached hydrogens (tertiary/aromatic N) is 3. The number of fused-ring (bicyclic) bond motifs is 1. The molecule has 1 saturated heterocycles. The van der Waals surface area contributed by atoms with Gasteiger partial charge in [-0.1, -0.05) is 24.3 Å². The van der Waals surface area contributed by atoms with E-state index < -0.39 is 11.7 Å². The highest BCUT2D eigenvalue weighted by molar-refractivity contribution is 5.98. The molecule has 1 aliphatic heterocycles. The van der Waals surface area contributed by atoms with E-state index in [1.165, 1.54) is 6.07 Å². The van der Waals surface area contributed by atoms with Crippen LogP contribution in [0, 0.1) is 0 Å². The number of imidazole rings is 1. The number of H-pyrrole nitrogens is 1. The lowest BCUT2D eigenvalue weighted by Gasteiger charge is -2.33. The number of likely N-dealkylation sites (tertiary alicyclic amines) is 1. The van der Waals surface area contributed by atoms with Crippen molar-refractivity contribution < 1.29 is 18.0 Å². The van der Waals surface area contributed by atoms with E-state index in [4.69, 9.17) is 0 Å². The predicted molar refractivity (Wildman–Crippen MR) is 115 cm³/mol. The molecule has 0 aliphatic carbocycles. The average Bonchev–Trinajstić information content (AvgIpc) is 3.48. The SMILES string of the molecule is O=C(c1cc2ccc(-n3ccnc3)cc2[nH]1)N1CCC(c2ccccc2C(F)(F)F)CC1. The van der Waals surface area contributed by atoms with E-state index in [-0.39, 0.29) is 11.8 Å². The smallest absolute Gasteiger partial charge is 0.350 e. The first-order valence-corrected chi connectivity index (χ1v) is 10.5. The third-order valence-corrected chi connectivity index (χ3v) is 6.13. The van der Waals surface area contributed by atoms with Crippen LogP contribution in [-0.2, 0) is 6.18 Å². The van der Waals surface area contributed by atoms with Crippen molar-refractivity contribution in [3.8, 4) is 5.69 Å². The number of hydrogen-bond acceptors (Lipinski definition) is 2. The topological polar surface area (TPSA) is 53.9 Å². The van der Waals surface area contributed by atoms with Crippen LogP contribution in [0.25, 0.3) is 16.6 Å². The van der Waals surface area contributed by atoms with Crippen LogP contribution >= 0.6 is 0 Å². The summed E-state index contributed by atoms with van der Waals surface area (Å²) in [6.07, 6.45) is 1.89. The number of amides is 1. The number of carbonyl (C=O) groups excluding carboxylic acids is 1. The summed E-state index contributed by atoms with van der Waals surface area (Å²) in [4.78, 5) is 22.0. The van der Waals surface area contributed by atoms with Gasteiger partial charge in [-0.3, -0.25) is 4.79 Å². The molecule has 3 heterocycles. The summed E-state index contributed by atoms with van der Waals surface area (Å²) in [5, 5.41) is 0.922. The first-order valence-electron chi connectivity index (χ1n) is 10.5. The second kappa shape index (κ2) is 7.85. The number of benzene rings is 2. The van der Waals surface area contributed by atoms with Gasteiger partial charge in [0.1, 0.15) is 5.69 Å². The summed E-state index contributed by atoms with van der Waals surface area (Å²) in [6, 6.07) is 13.4. The Morgan fingerprint density at radius 2 is 1.84 bits per heavy atom. The molecule has 0 spiro atoms. The summed E-state index contributed by atoms with van der Waals surface area (Å²) in [7, 11) is 0. The van der Waals surface area contributed by atoms with E-state index in [9.17, 15) is 18.0 Å². The van der Waals surface area contributed by atoms with Crippen LogP contribution in [-0.4, -0.2) is 38.4 Å². The summed E-state index contributed by atoms with van der Waals surface area (Å²) in [5.74, 6) is -0.342. The van der Waals surface area contributed by atoms with Gasteiger partial charge in [-0.25, -0.2) is 4.98 Å². The largest absolute Gasteiger partial charge is 0.416 e. The molecule has 32 heavy (non-hydrogen) atoms. The molecule has 0 atom stereocenters. The van der Waals surface area contributed by atoms with Gasteiger partial charge in [0.2, 0.25) is 0 Å². The third kappa shape index (κ3) is 3.77. The van der Waals surface area contributed by atoms with E-state index in [0.29, 0.717) is 37.2 Å². The van der Waals surface area contributed by atoms with E-state index in [2.05, 4.69) is 9.97 Å². The van der Waals surface area contributed by atoms with Crippen molar-refractivity contribution in [3.05, 3.63) is 84.1 Å². The van der Waals surface area contributed by atoms with E-state index in [1.54, 1.807) is 29.6 Å². The molecule has 1 amide bonds. The number of alkyl halides is 3. The quantitative estimate of drug-likeness (QED) is 0.466. The Labute approximate surface area is 182 Å². The Balaban J connectivity index is 1.31. The first-order chi connectivity index (χ1) is 15.4. The van der Waals surface area contributed by atoms with E-state index in [0.717, 1.165) is 22.7 Å². The van der Waals surface area contributed by atoms with Gasteiger partial charge in [0.15, 0.2) is 0 Å². The molecule has 2 aromatic carbocycles. The summed E-state index contributed by atoms with van der Waals surface area (Å²) < 4.78 is 42.0. The maximum atomic E-state index is 13.4. The molecular weight excluding hydrogens is 417 g/mol. The standard InChI is InChI=1S/C24H21F3N4O/c25-24(26,27)20-4-2-1-3-19(20)16-7-10-30(11-8-16)23(32)22-13-17-5-6-18(14-21(17)29-22)31-12-9-28-15-31/h1-6,9,12-16,29H,7-8,10-11H2. The first kappa shape index (κ1) is 20.4. The van der Waals surface area contributed by atoms with E-state index in [1.807, 2.05) is 35.0 Å². The van der Waals surface area contributed by atoms with Gasteiger partial charge in [-0.15, -0.1) is 0 Å². The number of hydrogen-bond donors (Lipinski definition) is 1. The Kier molecular flexibility index (Phi) is 5.00. The number of rotatable bonds is 3. The zero-order chi connectivity index (χ0) is 22.3. The van der Waals surface area contributed by atoms with Crippen molar-refractivity contribution in [1.82, 2.24) is 19.4 Å². The van der Waals surface area contributed by atoms with Gasteiger partial charge < -0.3 is 14.5 Å². The normalized spacial score (nSPS) is 15.4. The lowest BCUT2D eigenvalue weighted by Crippen LogP contribution is -2.38. The Hall–Kier alpha value is -3.55. The van der Waals surface area contributed by atoms with Gasteiger partial charge in [-0.05, 0) is 48.6 Å². The van der Waals surface area contributed by atoms with Crippen molar-refractivity contribution in [2.75, 3.05) is 13.1 Å². The van der Waals surface area contributed by atoms with Crippen molar-refractivity contribution >= 4 is 16.8 Å². The Morgan fingerprint density at radius 1 is 1.06 bits per heavy atom. The molecule has 0 radical (unpaired) electrons. The number of aromatic nitrogens is 3. The van der Waals surface area contributed by atoms with Gasteiger partial charge in [0.05, 0.1) is 11.9 Å². The molecule has 0 unspecified atom stereocenters. The minimum absolute atomic E-state index is 0.132. The number of carbonyl (C=O) groups is 1. The lowest BCUT2D eigenvalue weighted by atomic mass is 9.86. The molecule has 164 valence electrons. The molecule has 1 fully saturated rings. The minimum Gasteiger partial charge on any atom is -0.350 e. The molecule has 0 bridgehead atoms. The zero-order valence-electron chi connectivity index (χ0n) is 17.1. The highest BCUT2D eigenvalue weighted by atomic mass is 19.4. The van der Waals surface area contributed by atoms with Crippen molar-refractivity contribution in [3.63, 3.8) is 0 Å². The maximum Gasteiger partial charge on any atom is 0.416 e. The van der Waals surface area contributed by atoms with Crippen LogP contribution in [0.1, 0.15) is 40.4 Å². The van der Waals surface area contributed by atoms with Crippen LogP contribution in [0.2, 0.25) is 0 Å². The Morgan fingerprint density at radius 3 is 2.56 bits per heavy atom. The average molecular weight is 438 g/mol. The zero-order valence-corrected chi connectivity index (χ0v) is 17.1. The molecule has 1 N–H and O–H groups in total. The van der Waals surface area contributed by atoms with Crippen LogP contribution in [0.15, 0.2) is 67.3 Å². The van der Waals surface area contributed by atoms with Crippen LogP contribution < -0.4 is 0 Å². The molecular formula is C24H21F3N4O. The van der Waals surface area contributed by atoms with Crippen LogP contribution in [0.5, 0.6) is 0 Å². The van der Waals surface area contributed by atoms with E-state index >= 15 is 0 Å². The number of nitrogens with one attached hydrogen (secondary N) is 1. The van der Waals surface area contributed by atoms with Crippen molar-refractivity contribution in [2.24, 2.45) is 0 Å². The fraction of sp³-hybridized carbons (Fsp3) is 0.250. The van der Waals surface area contributed by atoms with Gasteiger partial charge in [-0.2, -0.15) is 13.2 Å². The molecule has 5 rings (SSSR count).